The van der Waals surface area contributed by atoms with E-state index in [1.807, 2.05) is 0 Å². The number of hydrogen-bond acceptors (Lipinski definition) is 7. The molecule has 0 spiro atoms. The molecule has 0 radical (unpaired) electrons. The predicted molar refractivity (Wildman–Crippen MR) is 108 cm³/mol. The summed E-state index contributed by atoms with van der Waals surface area (Å²) in [5.74, 6) is -1.76. The van der Waals surface area contributed by atoms with Crippen molar-refractivity contribution in [2.45, 2.75) is 24.3 Å². The highest BCUT2D eigenvalue weighted by Crippen LogP contribution is 2.24. The van der Waals surface area contributed by atoms with Gasteiger partial charge >= 0.3 is 12.6 Å². The zero-order chi connectivity index (χ0) is 23.1. The predicted octanol–water partition coefficient (Wildman–Crippen LogP) is 2.27. The van der Waals surface area contributed by atoms with Crippen molar-refractivity contribution in [1.82, 2.24) is 9.29 Å². The van der Waals surface area contributed by atoms with Crippen molar-refractivity contribution in [3.8, 4) is 5.75 Å². The average Bonchev–Trinajstić information content (AvgIpc) is 2.79. The molecule has 1 aliphatic heterocycles. The Hall–Kier alpha value is -3.12. The third-order valence-electron chi connectivity index (χ3n) is 4.77. The van der Waals surface area contributed by atoms with Crippen LogP contribution in [-0.4, -0.2) is 55.9 Å². The summed E-state index contributed by atoms with van der Waals surface area (Å²) in [6, 6.07) is 8.27. The van der Waals surface area contributed by atoms with E-state index in [1.54, 1.807) is 0 Å². The Labute approximate surface area is 183 Å². The maximum absolute atomic E-state index is 12.6. The van der Waals surface area contributed by atoms with E-state index in [0.29, 0.717) is 5.69 Å². The van der Waals surface area contributed by atoms with Crippen LogP contribution in [-0.2, 0) is 24.3 Å². The molecule has 32 heavy (non-hydrogen) atoms. The summed E-state index contributed by atoms with van der Waals surface area (Å²) in [5, 5.41) is 2.47. The number of halogens is 2. The Balaban J connectivity index is 1.43. The highest BCUT2D eigenvalue weighted by Gasteiger charge is 2.33. The van der Waals surface area contributed by atoms with E-state index in [4.69, 9.17) is 4.74 Å². The second-order valence-electron chi connectivity index (χ2n) is 6.93. The fraction of sp³-hybridized carbons (Fsp3) is 0.350. The Morgan fingerprint density at radius 1 is 1.16 bits per heavy atom. The van der Waals surface area contributed by atoms with Crippen LogP contribution in [0.25, 0.3) is 0 Å². The van der Waals surface area contributed by atoms with Crippen LogP contribution in [0, 0.1) is 5.92 Å². The minimum atomic E-state index is -3.68. The van der Waals surface area contributed by atoms with E-state index in [1.165, 1.54) is 53.1 Å². The molecule has 0 bridgehead atoms. The Kier molecular flexibility index (Phi) is 7.70. The lowest BCUT2D eigenvalue weighted by molar-refractivity contribution is -0.152. The first-order valence-electron chi connectivity index (χ1n) is 9.67. The highest BCUT2D eigenvalue weighted by atomic mass is 32.2. The third kappa shape index (κ3) is 6.20. The standard InChI is InChI=1S/C20H21F2N3O6S/c21-20(22)31-16-5-3-15(4-6-16)24-18(26)13-30-19(27)14-7-10-25(11-8-14)32(28,29)17-2-1-9-23-12-17/h1-6,9,12,14,20H,7-8,10-11,13H2,(H,24,26). The van der Waals surface area contributed by atoms with Crippen molar-refractivity contribution in [2.75, 3.05) is 25.0 Å². The quantitative estimate of drug-likeness (QED) is 0.590. The third-order valence-corrected chi connectivity index (χ3v) is 6.65. The monoisotopic (exact) mass is 469 g/mol. The summed E-state index contributed by atoms with van der Waals surface area (Å²) < 4.78 is 60.0. The molecule has 9 nitrogen and oxygen atoms in total. The molecular weight excluding hydrogens is 448 g/mol. The topological polar surface area (TPSA) is 115 Å². The number of rotatable bonds is 8. The number of nitrogens with zero attached hydrogens (tertiary/aromatic N) is 2. The fourth-order valence-electron chi connectivity index (χ4n) is 3.15. The Bertz CT molecular complexity index is 1030. The van der Waals surface area contributed by atoms with E-state index in [-0.39, 0.29) is 36.6 Å². The molecule has 2 heterocycles. The molecule has 0 saturated carbocycles. The van der Waals surface area contributed by atoms with Crippen molar-refractivity contribution in [3.63, 3.8) is 0 Å². The van der Waals surface area contributed by atoms with Crippen LogP contribution in [0.5, 0.6) is 5.75 Å². The van der Waals surface area contributed by atoms with Gasteiger partial charge in [0.1, 0.15) is 10.6 Å². The molecule has 1 aromatic heterocycles. The number of benzene rings is 1. The second-order valence-corrected chi connectivity index (χ2v) is 8.86. The number of anilines is 1. The van der Waals surface area contributed by atoms with E-state index in [9.17, 15) is 26.8 Å². The van der Waals surface area contributed by atoms with Crippen LogP contribution in [0.4, 0.5) is 14.5 Å². The van der Waals surface area contributed by atoms with Crippen LogP contribution in [0.3, 0.4) is 0 Å². The van der Waals surface area contributed by atoms with Crippen molar-refractivity contribution in [3.05, 3.63) is 48.8 Å². The maximum atomic E-state index is 12.6. The zero-order valence-corrected chi connectivity index (χ0v) is 17.6. The van der Waals surface area contributed by atoms with Crippen LogP contribution >= 0.6 is 0 Å². The van der Waals surface area contributed by atoms with Gasteiger partial charge in [-0.25, -0.2) is 8.42 Å². The molecule has 172 valence electrons. The number of amides is 1. The first-order chi connectivity index (χ1) is 15.3. The lowest BCUT2D eigenvalue weighted by Crippen LogP contribution is -2.40. The number of hydrogen-bond donors (Lipinski definition) is 1. The van der Waals surface area contributed by atoms with Gasteiger partial charge in [0.25, 0.3) is 5.91 Å². The molecule has 1 saturated heterocycles. The van der Waals surface area contributed by atoms with Gasteiger partial charge in [0.15, 0.2) is 6.61 Å². The Morgan fingerprint density at radius 2 is 1.84 bits per heavy atom. The summed E-state index contributed by atoms with van der Waals surface area (Å²) in [5.41, 5.74) is 0.321. The average molecular weight is 469 g/mol. The number of pyridine rings is 1. The number of sulfonamides is 1. The van der Waals surface area contributed by atoms with Crippen molar-refractivity contribution in [1.29, 1.82) is 0 Å². The normalized spacial score (nSPS) is 15.3. The lowest BCUT2D eigenvalue weighted by Gasteiger charge is -2.29. The molecule has 0 unspecified atom stereocenters. The minimum Gasteiger partial charge on any atom is -0.455 e. The van der Waals surface area contributed by atoms with Crippen molar-refractivity contribution in [2.24, 2.45) is 5.92 Å². The number of nitrogens with one attached hydrogen (secondary N) is 1. The maximum Gasteiger partial charge on any atom is 0.387 e. The summed E-state index contributed by atoms with van der Waals surface area (Å²) in [6.45, 7) is -3.17. The molecule has 1 aromatic carbocycles. The number of aromatic nitrogens is 1. The minimum absolute atomic E-state index is 0.0543. The molecule has 12 heteroatoms. The molecule has 1 N–H and O–H groups in total. The van der Waals surface area contributed by atoms with Gasteiger partial charge in [-0.05, 0) is 49.2 Å². The number of carbonyl (C=O) groups is 2. The van der Waals surface area contributed by atoms with Crippen molar-refractivity contribution < 1.29 is 36.3 Å². The lowest BCUT2D eigenvalue weighted by atomic mass is 9.98. The van der Waals surface area contributed by atoms with Crippen LogP contribution < -0.4 is 10.1 Å². The van der Waals surface area contributed by atoms with Gasteiger partial charge in [0.05, 0.1) is 5.92 Å². The molecule has 3 rings (SSSR count). The molecule has 2 aromatic rings. The van der Waals surface area contributed by atoms with Crippen LogP contribution in [0.1, 0.15) is 12.8 Å². The van der Waals surface area contributed by atoms with Gasteiger partial charge in [-0.1, -0.05) is 0 Å². The number of piperidine rings is 1. The largest absolute Gasteiger partial charge is 0.455 e. The van der Waals surface area contributed by atoms with Gasteiger partial charge in [-0.15, -0.1) is 0 Å². The van der Waals surface area contributed by atoms with Crippen LogP contribution in [0.15, 0.2) is 53.7 Å². The molecular formula is C20H21F2N3O6S. The molecule has 0 aliphatic carbocycles. The van der Waals surface area contributed by atoms with Gasteiger partial charge in [0.2, 0.25) is 10.0 Å². The van der Waals surface area contributed by atoms with E-state index in [0.717, 1.165) is 0 Å². The smallest absolute Gasteiger partial charge is 0.387 e. The fourth-order valence-corrected chi connectivity index (χ4v) is 4.59. The van der Waals surface area contributed by atoms with Gasteiger partial charge in [-0.2, -0.15) is 13.1 Å². The van der Waals surface area contributed by atoms with Gasteiger partial charge in [-0.3, -0.25) is 14.6 Å². The highest BCUT2D eigenvalue weighted by molar-refractivity contribution is 7.89. The summed E-state index contributed by atoms with van der Waals surface area (Å²) >= 11 is 0. The van der Waals surface area contributed by atoms with Crippen LogP contribution in [0.2, 0.25) is 0 Å². The van der Waals surface area contributed by atoms with Crippen molar-refractivity contribution >= 4 is 27.6 Å². The van der Waals surface area contributed by atoms with E-state index < -0.39 is 41.0 Å². The first kappa shape index (κ1) is 23.5. The summed E-state index contributed by atoms with van der Waals surface area (Å²) in [6.07, 6.45) is 3.29. The van der Waals surface area contributed by atoms with E-state index in [2.05, 4.69) is 15.0 Å². The number of alkyl halides is 2. The van der Waals surface area contributed by atoms with Gasteiger partial charge in [0, 0.05) is 31.2 Å². The number of ether oxygens (including phenoxy) is 2. The van der Waals surface area contributed by atoms with Gasteiger partial charge < -0.3 is 14.8 Å². The zero-order valence-electron chi connectivity index (χ0n) is 16.8. The first-order valence-corrected chi connectivity index (χ1v) is 11.1. The second kappa shape index (κ2) is 10.5. The summed E-state index contributed by atoms with van der Waals surface area (Å²) in [4.78, 5) is 28.1. The van der Waals surface area contributed by atoms with E-state index >= 15 is 0 Å². The molecule has 1 aliphatic rings. The molecule has 1 fully saturated rings. The summed E-state index contributed by atoms with van der Waals surface area (Å²) in [7, 11) is -3.68. The Morgan fingerprint density at radius 3 is 2.44 bits per heavy atom. The molecule has 1 amide bonds. The molecule has 0 atom stereocenters. The SMILES string of the molecule is O=C(COC(=O)C1CCN(S(=O)(=O)c2cccnc2)CC1)Nc1ccc(OC(F)F)cc1. The number of esters is 1. The number of carbonyl (C=O) groups excluding carboxylic acids is 2.